The molecule has 1 aromatic heterocycles. The average molecular weight is 533 g/mol. The van der Waals surface area contributed by atoms with E-state index in [2.05, 4.69) is 10.9 Å². The number of nitrogens with zero attached hydrogens (tertiary/aromatic N) is 5. The quantitative estimate of drug-likeness (QED) is 0.404. The summed E-state index contributed by atoms with van der Waals surface area (Å²) in [6, 6.07) is 11.5. The molecule has 2 heterocycles. The predicted molar refractivity (Wildman–Crippen MR) is 146 cm³/mol. The molecule has 1 aliphatic heterocycles. The number of carbonyl (C=O) groups is 2. The molecule has 1 atom stereocenters. The summed E-state index contributed by atoms with van der Waals surface area (Å²) in [6.45, 7) is 15.5. The number of thioether (sulfide) groups is 1. The minimum absolute atomic E-state index is 0.115. The minimum atomic E-state index is -0.735. The first-order chi connectivity index (χ1) is 18.1. The smallest absolute Gasteiger partial charge is 0.410 e. The van der Waals surface area contributed by atoms with E-state index in [0.717, 1.165) is 30.2 Å². The van der Waals surface area contributed by atoms with Gasteiger partial charge in [0.1, 0.15) is 27.8 Å². The number of anilines is 1. The third kappa shape index (κ3) is 6.20. The lowest BCUT2D eigenvalue weighted by Gasteiger charge is -2.27. The summed E-state index contributed by atoms with van der Waals surface area (Å²) in [6.07, 6.45) is 2.11. The molecule has 2 aromatic rings. The number of rotatable bonds is 6. The number of pyridine rings is 1. The first kappa shape index (κ1) is 27.3. The zero-order chi connectivity index (χ0) is 27.4. The van der Waals surface area contributed by atoms with Gasteiger partial charge in [-0.3, -0.25) is 4.79 Å². The standard InChI is InChI=1S/C28H32N6O3S/c1-28(2,3)37-27(36)34-14-8-13-33(15-16-34)25-22(31-4)21(18-11-12-18)20(17-29)26(32-25)38-23(24(30)35)19-9-6-5-7-10-19/h5-7,9-10,18,23H,8,11-16H2,1-3H3,(H2,30,35). The normalized spacial score (nSPS) is 16.7. The predicted octanol–water partition coefficient (Wildman–Crippen LogP) is 5.15. The van der Waals surface area contributed by atoms with Crippen LogP contribution in [0.2, 0.25) is 0 Å². The fourth-order valence-corrected chi connectivity index (χ4v) is 5.57. The number of hydrogen-bond acceptors (Lipinski definition) is 7. The van der Waals surface area contributed by atoms with E-state index < -0.39 is 16.8 Å². The second-order valence-electron chi connectivity index (χ2n) is 10.5. The van der Waals surface area contributed by atoms with Crippen molar-refractivity contribution in [1.29, 1.82) is 5.26 Å². The monoisotopic (exact) mass is 532 g/mol. The van der Waals surface area contributed by atoms with Crippen LogP contribution >= 0.6 is 11.8 Å². The Kier molecular flexibility index (Phi) is 8.13. The molecule has 1 saturated carbocycles. The van der Waals surface area contributed by atoms with E-state index in [1.165, 1.54) is 0 Å². The lowest BCUT2D eigenvalue weighted by Crippen LogP contribution is -2.39. The van der Waals surface area contributed by atoms with E-state index in [4.69, 9.17) is 22.0 Å². The molecule has 198 valence electrons. The van der Waals surface area contributed by atoms with E-state index in [1.807, 2.05) is 56.0 Å². The van der Waals surface area contributed by atoms with Crippen LogP contribution in [0.25, 0.3) is 4.85 Å². The van der Waals surface area contributed by atoms with Crippen LogP contribution < -0.4 is 10.6 Å². The van der Waals surface area contributed by atoms with Crippen molar-refractivity contribution in [2.75, 3.05) is 31.1 Å². The Balaban J connectivity index is 1.71. The Morgan fingerprint density at radius 1 is 1.21 bits per heavy atom. The first-order valence-corrected chi connectivity index (χ1v) is 13.6. The highest BCUT2D eigenvalue weighted by Crippen LogP contribution is 2.51. The fourth-order valence-electron chi connectivity index (χ4n) is 4.52. The van der Waals surface area contributed by atoms with Gasteiger partial charge >= 0.3 is 6.09 Å². The van der Waals surface area contributed by atoms with Crippen LogP contribution in [0.4, 0.5) is 16.3 Å². The van der Waals surface area contributed by atoms with Gasteiger partial charge in [-0.05, 0) is 57.1 Å². The van der Waals surface area contributed by atoms with Crippen molar-refractivity contribution in [3.63, 3.8) is 0 Å². The van der Waals surface area contributed by atoms with Gasteiger partial charge in [0.25, 0.3) is 0 Å². The van der Waals surface area contributed by atoms with E-state index in [0.29, 0.717) is 60.3 Å². The van der Waals surface area contributed by atoms with Gasteiger partial charge in [0.15, 0.2) is 0 Å². The summed E-state index contributed by atoms with van der Waals surface area (Å²) >= 11 is 1.15. The van der Waals surface area contributed by atoms with Crippen LogP contribution in [0.15, 0.2) is 35.4 Å². The molecule has 2 amide bonds. The fraction of sp³-hybridized carbons (Fsp3) is 0.464. The van der Waals surface area contributed by atoms with Crippen molar-refractivity contribution in [1.82, 2.24) is 9.88 Å². The molecular formula is C28H32N6O3S. The number of hydrogen-bond donors (Lipinski definition) is 1. The Labute approximate surface area is 227 Å². The van der Waals surface area contributed by atoms with E-state index in [1.54, 1.807) is 4.90 Å². The Morgan fingerprint density at radius 2 is 1.92 bits per heavy atom. The number of aromatic nitrogens is 1. The number of nitriles is 1. The number of ether oxygens (including phenoxy) is 1. The van der Waals surface area contributed by atoms with Gasteiger partial charge in [-0.25, -0.2) is 14.6 Å². The summed E-state index contributed by atoms with van der Waals surface area (Å²) in [4.78, 5) is 37.5. The number of carbonyl (C=O) groups excluding carboxylic acids is 2. The molecule has 2 aliphatic rings. The zero-order valence-electron chi connectivity index (χ0n) is 21.9. The largest absolute Gasteiger partial charge is 0.444 e. The van der Waals surface area contributed by atoms with Crippen LogP contribution in [0.1, 0.15) is 67.9 Å². The molecule has 0 radical (unpaired) electrons. The van der Waals surface area contributed by atoms with Crippen LogP contribution in [0, 0.1) is 17.9 Å². The van der Waals surface area contributed by atoms with Crippen LogP contribution in [-0.2, 0) is 9.53 Å². The highest BCUT2D eigenvalue weighted by atomic mass is 32.2. The highest BCUT2D eigenvalue weighted by Gasteiger charge is 2.36. The van der Waals surface area contributed by atoms with E-state index >= 15 is 0 Å². The van der Waals surface area contributed by atoms with Crippen LogP contribution in [-0.4, -0.2) is 53.7 Å². The Bertz CT molecular complexity index is 1290. The maximum atomic E-state index is 12.7. The van der Waals surface area contributed by atoms with Crippen LogP contribution in [0.3, 0.4) is 0 Å². The molecule has 0 bridgehead atoms. The lowest BCUT2D eigenvalue weighted by atomic mass is 10.0. The zero-order valence-corrected chi connectivity index (χ0v) is 22.8. The second-order valence-corrected chi connectivity index (χ2v) is 11.6. The summed E-state index contributed by atoms with van der Waals surface area (Å²) in [5.41, 5.74) is 7.36. The number of nitrogens with two attached hydrogens (primary N) is 1. The lowest BCUT2D eigenvalue weighted by molar-refractivity contribution is -0.117. The SMILES string of the molecule is [C-]#[N+]c1c(N2CCCN(C(=O)OC(C)(C)C)CC2)nc(SC(C(N)=O)c2ccccc2)c(C#N)c1C1CC1. The first-order valence-electron chi connectivity index (χ1n) is 12.7. The molecule has 9 nitrogen and oxygen atoms in total. The topological polar surface area (TPSA) is 117 Å². The maximum absolute atomic E-state index is 12.7. The molecule has 2 N–H and O–H groups in total. The van der Waals surface area contributed by atoms with Gasteiger partial charge in [-0.1, -0.05) is 42.1 Å². The second kappa shape index (κ2) is 11.3. The molecule has 2 fully saturated rings. The van der Waals surface area contributed by atoms with Crippen molar-refractivity contribution >= 4 is 35.3 Å². The molecule has 0 spiro atoms. The van der Waals surface area contributed by atoms with Crippen molar-refractivity contribution in [3.05, 3.63) is 58.4 Å². The van der Waals surface area contributed by atoms with Crippen molar-refractivity contribution in [2.45, 2.75) is 61.8 Å². The Morgan fingerprint density at radius 3 is 2.50 bits per heavy atom. The highest BCUT2D eigenvalue weighted by molar-refractivity contribution is 8.00. The molecule has 10 heteroatoms. The molecule has 1 saturated heterocycles. The van der Waals surface area contributed by atoms with E-state index in [9.17, 15) is 14.9 Å². The average Bonchev–Trinajstić information content (AvgIpc) is 3.73. The van der Waals surface area contributed by atoms with Gasteiger partial charge in [0.05, 0.1) is 12.1 Å². The van der Waals surface area contributed by atoms with Crippen LogP contribution in [0.5, 0.6) is 0 Å². The number of amides is 2. The molecule has 1 unspecified atom stereocenters. The molecule has 38 heavy (non-hydrogen) atoms. The van der Waals surface area contributed by atoms with Gasteiger partial charge in [-0.15, -0.1) is 0 Å². The van der Waals surface area contributed by atoms with Crippen molar-refractivity contribution < 1.29 is 14.3 Å². The van der Waals surface area contributed by atoms with Crippen molar-refractivity contribution in [2.24, 2.45) is 5.73 Å². The third-order valence-electron chi connectivity index (χ3n) is 6.40. The third-order valence-corrected chi connectivity index (χ3v) is 7.66. The molecular weight excluding hydrogens is 500 g/mol. The van der Waals surface area contributed by atoms with Gasteiger partial charge in [0.2, 0.25) is 11.6 Å². The number of benzene rings is 1. The summed E-state index contributed by atoms with van der Waals surface area (Å²) in [5, 5.41) is 9.82. The van der Waals surface area contributed by atoms with Crippen molar-refractivity contribution in [3.8, 4) is 6.07 Å². The summed E-state index contributed by atoms with van der Waals surface area (Å²) in [5.74, 6) is 0.0769. The minimum Gasteiger partial charge on any atom is -0.444 e. The molecule has 4 rings (SSSR count). The van der Waals surface area contributed by atoms with Gasteiger partial charge in [-0.2, -0.15) is 5.26 Å². The summed E-state index contributed by atoms with van der Waals surface area (Å²) < 4.78 is 5.56. The Hall–Kier alpha value is -3.76. The number of primary amides is 1. The summed E-state index contributed by atoms with van der Waals surface area (Å²) in [7, 11) is 0. The van der Waals surface area contributed by atoms with Gasteiger partial charge in [0, 0.05) is 26.2 Å². The van der Waals surface area contributed by atoms with Gasteiger partial charge < -0.3 is 20.3 Å². The molecule has 1 aromatic carbocycles. The maximum Gasteiger partial charge on any atom is 0.410 e. The van der Waals surface area contributed by atoms with E-state index in [-0.39, 0.29) is 12.0 Å². The molecule has 1 aliphatic carbocycles.